The van der Waals surface area contributed by atoms with E-state index in [0.717, 1.165) is 62.5 Å². The lowest BCUT2D eigenvalue weighted by atomic mass is 9.94. The van der Waals surface area contributed by atoms with Gasteiger partial charge >= 0.3 is 0 Å². The van der Waals surface area contributed by atoms with Crippen molar-refractivity contribution < 1.29 is 19.0 Å². The molecule has 0 saturated carbocycles. The minimum atomic E-state index is -0.107. The number of rotatable bonds is 13. The molecule has 1 amide bonds. The van der Waals surface area contributed by atoms with E-state index in [0.29, 0.717) is 42.3 Å². The molecule has 0 N–H and O–H groups in total. The highest BCUT2D eigenvalue weighted by atomic mass is 16.5. The molecule has 1 aromatic heterocycles. The summed E-state index contributed by atoms with van der Waals surface area (Å²) in [5.41, 5.74) is 3.74. The number of carbonyl (C=O) groups is 1. The monoisotopic (exact) mass is 624 g/mol. The number of hydrogen-bond acceptors (Lipinski definition) is 8. The topological polar surface area (TPSA) is 96.1 Å². The molecule has 10 heteroatoms. The first-order chi connectivity index (χ1) is 22.5. The summed E-state index contributed by atoms with van der Waals surface area (Å²) in [6.07, 6.45) is 2.39. The first-order valence-electron chi connectivity index (χ1n) is 15.9. The van der Waals surface area contributed by atoms with E-state index >= 15 is 0 Å². The second-order valence-corrected chi connectivity index (χ2v) is 11.6. The molecular weight excluding hydrogens is 580 g/mol. The smallest absolute Gasteiger partial charge is 0.253 e. The van der Waals surface area contributed by atoms with E-state index in [9.17, 15) is 10.1 Å². The van der Waals surface area contributed by atoms with Gasteiger partial charge in [-0.2, -0.15) is 5.26 Å². The van der Waals surface area contributed by atoms with Crippen molar-refractivity contribution in [3.63, 3.8) is 0 Å². The van der Waals surface area contributed by atoms with Crippen LogP contribution in [0.25, 0.3) is 11.0 Å². The number of ether oxygens (including phenoxy) is 3. The number of nitriles is 1. The van der Waals surface area contributed by atoms with Crippen LogP contribution in [0.4, 0.5) is 5.95 Å². The van der Waals surface area contributed by atoms with Gasteiger partial charge in [-0.05, 0) is 55.8 Å². The Morgan fingerprint density at radius 2 is 1.65 bits per heavy atom. The highest BCUT2D eigenvalue weighted by Crippen LogP contribution is 2.38. The predicted octanol–water partition coefficient (Wildman–Crippen LogP) is 5.43. The molecule has 0 spiro atoms. The number of amides is 1. The van der Waals surface area contributed by atoms with Gasteiger partial charge in [0.2, 0.25) is 11.7 Å². The zero-order valence-corrected chi connectivity index (χ0v) is 27.3. The van der Waals surface area contributed by atoms with Crippen molar-refractivity contribution in [3.05, 3.63) is 77.9 Å². The number of hydrogen-bond donors (Lipinski definition) is 0. The number of methoxy groups -OCH3 is 3. The molecule has 1 aliphatic heterocycles. The van der Waals surface area contributed by atoms with Gasteiger partial charge in [0.25, 0.3) is 5.91 Å². The molecule has 1 aliphatic rings. The summed E-state index contributed by atoms with van der Waals surface area (Å²) in [7, 11) is 6.50. The summed E-state index contributed by atoms with van der Waals surface area (Å²) in [5.74, 6) is 2.37. The van der Waals surface area contributed by atoms with E-state index in [1.54, 1.807) is 38.4 Å². The van der Waals surface area contributed by atoms with E-state index in [2.05, 4.69) is 50.8 Å². The van der Waals surface area contributed by atoms with Crippen LogP contribution in [-0.2, 0) is 6.54 Å². The molecule has 1 saturated heterocycles. The minimum Gasteiger partial charge on any atom is -0.493 e. The number of fused-ring (bicyclic) bond motifs is 1. The molecule has 5 rings (SSSR count). The Balaban J connectivity index is 1.27. The largest absolute Gasteiger partial charge is 0.493 e. The van der Waals surface area contributed by atoms with Crippen molar-refractivity contribution in [1.82, 2.24) is 19.4 Å². The van der Waals surface area contributed by atoms with Crippen LogP contribution in [0.15, 0.2) is 66.7 Å². The average molecular weight is 625 g/mol. The molecule has 1 fully saturated rings. The van der Waals surface area contributed by atoms with Crippen LogP contribution in [0.1, 0.15) is 41.1 Å². The van der Waals surface area contributed by atoms with Crippen molar-refractivity contribution in [2.75, 3.05) is 72.5 Å². The van der Waals surface area contributed by atoms with Gasteiger partial charge in [-0.3, -0.25) is 4.79 Å². The van der Waals surface area contributed by atoms with E-state index in [1.807, 2.05) is 31.3 Å². The van der Waals surface area contributed by atoms with Gasteiger partial charge in [0.1, 0.15) is 0 Å². The van der Waals surface area contributed by atoms with Crippen molar-refractivity contribution in [2.24, 2.45) is 0 Å². The van der Waals surface area contributed by atoms with Gasteiger partial charge in [0.05, 0.1) is 44.9 Å². The summed E-state index contributed by atoms with van der Waals surface area (Å²) in [4.78, 5) is 25.3. The van der Waals surface area contributed by atoms with Gasteiger partial charge in [0, 0.05) is 51.3 Å². The minimum absolute atomic E-state index is 0.107. The first-order valence-corrected chi connectivity index (χ1v) is 15.9. The molecule has 0 bridgehead atoms. The van der Waals surface area contributed by atoms with E-state index < -0.39 is 0 Å². The fourth-order valence-corrected chi connectivity index (χ4v) is 6.35. The van der Waals surface area contributed by atoms with Crippen molar-refractivity contribution in [2.45, 2.75) is 31.7 Å². The molecule has 242 valence electrons. The highest BCUT2D eigenvalue weighted by Gasteiger charge is 2.25. The predicted molar refractivity (Wildman–Crippen MR) is 180 cm³/mol. The number of anilines is 1. The van der Waals surface area contributed by atoms with Crippen LogP contribution in [0, 0.1) is 11.3 Å². The zero-order valence-electron chi connectivity index (χ0n) is 27.3. The Morgan fingerprint density at radius 3 is 2.35 bits per heavy atom. The number of benzene rings is 3. The number of aryl methyl sites for hydroxylation is 1. The summed E-state index contributed by atoms with van der Waals surface area (Å²) < 4.78 is 18.6. The third kappa shape index (κ3) is 7.37. The molecular formula is C36H44N6O4. The lowest BCUT2D eigenvalue weighted by Gasteiger charge is -2.28. The standard InChI is InChI=1S/C36H44N6O4/c1-39(35(43)29-24-32(44-2)34(46-4)33(25-29)45-3)26-28(27-12-6-5-7-13-27)16-21-40-18-11-19-41(23-22-40)36-38-30-14-8-9-15-31(30)42(36)20-10-17-37/h5-9,12-15,24-25,28H,10-11,16,18-23,26H2,1-4H3. The number of nitrogens with zero attached hydrogens (tertiary/aromatic N) is 6. The summed E-state index contributed by atoms with van der Waals surface area (Å²) in [5, 5.41) is 9.27. The molecule has 10 nitrogen and oxygen atoms in total. The Morgan fingerprint density at radius 1 is 0.935 bits per heavy atom. The number of carbonyl (C=O) groups excluding carboxylic acids is 1. The van der Waals surface area contributed by atoms with Crippen LogP contribution in [0.5, 0.6) is 17.2 Å². The quantitative estimate of drug-likeness (QED) is 0.194. The molecule has 0 aliphatic carbocycles. The maximum Gasteiger partial charge on any atom is 0.253 e. The van der Waals surface area contributed by atoms with E-state index in [4.69, 9.17) is 19.2 Å². The lowest BCUT2D eigenvalue weighted by molar-refractivity contribution is 0.0782. The van der Waals surface area contributed by atoms with Crippen LogP contribution in [-0.4, -0.2) is 92.9 Å². The Bertz CT molecular complexity index is 1620. The fourth-order valence-electron chi connectivity index (χ4n) is 6.35. The van der Waals surface area contributed by atoms with Crippen LogP contribution in [0.2, 0.25) is 0 Å². The first kappa shape index (κ1) is 32.6. The third-order valence-corrected chi connectivity index (χ3v) is 8.77. The number of imidazole rings is 1. The highest BCUT2D eigenvalue weighted by molar-refractivity contribution is 5.95. The van der Waals surface area contributed by atoms with Crippen LogP contribution in [0.3, 0.4) is 0 Å². The maximum absolute atomic E-state index is 13.7. The SMILES string of the molecule is COc1cc(C(=O)N(C)CC(CCN2CCCN(c3nc4ccccc4n3CCC#N)CC2)c2ccccc2)cc(OC)c1OC. The van der Waals surface area contributed by atoms with Crippen LogP contribution >= 0.6 is 0 Å². The Labute approximate surface area is 271 Å². The van der Waals surface area contributed by atoms with Gasteiger partial charge in [-0.15, -0.1) is 0 Å². The van der Waals surface area contributed by atoms with Gasteiger partial charge in [0.15, 0.2) is 11.5 Å². The molecule has 1 atom stereocenters. The molecule has 1 unspecified atom stereocenters. The molecule has 46 heavy (non-hydrogen) atoms. The second kappa shape index (κ2) is 15.5. The molecule has 4 aromatic rings. The fraction of sp³-hybridized carbons (Fsp3) is 0.417. The molecule has 0 radical (unpaired) electrons. The summed E-state index contributed by atoms with van der Waals surface area (Å²) in [6, 6.07) is 24.3. The number of aromatic nitrogens is 2. The third-order valence-electron chi connectivity index (χ3n) is 8.77. The second-order valence-electron chi connectivity index (χ2n) is 11.6. The Kier molecular flexibility index (Phi) is 11.0. The normalized spacial score (nSPS) is 14.4. The average Bonchev–Trinajstić information content (AvgIpc) is 3.30. The number of likely N-dealkylation sites (N-methyl/N-ethyl adjacent to an activating group) is 1. The van der Waals surface area contributed by atoms with Gasteiger partial charge in [-0.1, -0.05) is 42.5 Å². The summed E-state index contributed by atoms with van der Waals surface area (Å²) >= 11 is 0. The van der Waals surface area contributed by atoms with Crippen molar-refractivity contribution in [1.29, 1.82) is 5.26 Å². The molecule has 3 aromatic carbocycles. The lowest BCUT2D eigenvalue weighted by Crippen LogP contribution is -2.35. The van der Waals surface area contributed by atoms with Crippen molar-refractivity contribution in [3.8, 4) is 23.3 Å². The van der Waals surface area contributed by atoms with E-state index in [-0.39, 0.29) is 11.8 Å². The van der Waals surface area contributed by atoms with E-state index in [1.165, 1.54) is 5.56 Å². The Hall–Kier alpha value is -4.75. The summed E-state index contributed by atoms with van der Waals surface area (Å²) in [6.45, 7) is 5.83. The van der Waals surface area contributed by atoms with Gasteiger partial charge < -0.3 is 33.5 Å². The zero-order chi connectivity index (χ0) is 32.5. The van der Waals surface area contributed by atoms with Gasteiger partial charge in [-0.25, -0.2) is 4.98 Å². The number of para-hydroxylation sites is 2. The van der Waals surface area contributed by atoms with Crippen molar-refractivity contribution >= 4 is 22.9 Å². The maximum atomic E-state index is 13.7. The van der Waals surface area contributed by atoms with Crippen LogP contribution < -0.4 is 19.1 Å². The molecule has 2 heterocycles.